The van der Waals surface area contributed by atoms with Crippen molar-refractivity contribution >= 4 is 5.91 Å². The van der Waals surface area contributed by atoms with E-state index in [0.29, 0.717) is 30.2 Å². The summed E-state index contributed by atoms with van der Waals surface area (Å²) < 4.78 is 7.42. The van der Waals surface area contributed by atoms with Crippen LogP contribution in [0.4, 0.5) is 0 Å². The van der Waals surface area contributed by atoms with Crippen molar-refractivity contribution < 1.29 is 9.21 Å². The number of hydrogen-bond donors (Lipinski definition) is 0. The number of aromatic nitrogens is 3. The highest BCUT2D eigenvalue weighted by atomic mass is 16.4. The van der Waals surface area contributed by atoms with E-state index in [9.17, 15) is 9.59 Å². The van der Waals surface area contributed by atoms with Crippen LogP contribution in [0.5, 0.6) is 0 Å². The molecule has 164 valence electrons. The molecule has 0 unspecified atom stereocenters. The SMILES string of the molecule is Cc1nnc(CN2C[C@@H]3C[C@H](C2)[C@H](C(=O)N2C[C@H]4CCC[C@H]4C2)n2c3cccc2=O)o1. The molecule has 1 amide bonds. The third-order valence-corrected chi connectivity index (χ3v) is 7.94. The lowest BCUT2D eigenvalue weighted by atomic mass is 9.78. The Morgan fingerprint density at radius 1 is 1.10 bits per heavy atom. The Morgan fingerprint density at radius 3 is 2.65 bits per heavy atom. The third-order valence-electron chi connectivity index (χ3n) is 7.94. The van der Waals surface area contributed by atoms with Gasteiger partial charge in [0.1, 0.15) is 6.04 Å². The van der Waals surface area contributed by atoms with E-state index < -0.39 is 6.04 Å². The summed E-state index contributed by atoms with van der Waals surface area (Å²) >= 11 is 0. The number of amides is 1. The maximum Gasteiger partial charge on any atom is 0.251 e. The van der Waals surface area contributed by atoms with Gasteiger partial charge in [-0.15, -0.1) is 10.2 Å². The number of pyridine rings is 1. The zero-order valence-corrected chi connectivity index (χ0v) is 17.9. The average molecular weight is 424 g/mol. The molecule has 1 saturated carbocycles. The molecule has 8 heteroatoms. The highest BCUT2D eigenvalue weighted by Crippen LogP contribution is 2.44. The van der Waals surface area contributed by atoms with Crippen LogP contribution in [-0.2, 0) is 11.3 Å². The molecule has 6 rings (SSSR count). The maximum atomic E-state index is 13.8. The first kappa shape index (κ1) is 19.2. The number of piperidine rings is 1. The molecule has 2 aromatic rings. The molecular weight excluding hydrogens is 394 g/mol. The van der Waals surface area contributed by atoms with Crippen molar-refractivity contribution in [2.45, 2.75) is 51.1 Å². The molecule has 2 aromatic heterocycles. The Balaban J connectivity index is 1.32. The first-order valence-electron chi connectivity index (χ1n) is 11.6. The smallest absolute Gasteiger partial charge is 0.251 e. The fourth-order valence-corrected chi connectivity index (χ4v) is 6.67. The van der Waals surface area contributed by atoms with Gasteiger partial charge in [0.05, 0.1) is 6.54 Å². The molecule has 2 saturated heterocycles. The Morgan fingerprint density at radius 2 is 1.90 bits per heavy atom. The lowest BCUT2D eigenvalue weighted by Crippen LogP contribution is -2.53. The summed E-state index contributed by atoms with van der Waals surface area (Å²) in [6.45, 7) is 5.69. The van der Waals surface area contributed by atoms with E-state index in [4.69, 9.17) is 4.42 Å². The molecule has 4 aliphatic rings. The summed E-state index contributed by atoms with van der Waals surface area (Å²) in [6.07, 6.45) is 4.70. The number of likely N-dealkylation sites (tertiary alicyclic amines) is 2. The second kappa shape index (κ2) is 7.29. The number of aryl methyl sites for hydroxylation is 1. The van der Waals surface area contributed by atoms with E-state index in [1.54, 1.807) is 13.0 Å². The number of carbonyl (C=O) groups excluding carboxylic acids is 1. The van der Waals surface area contributed by atoms with Gasteiger partial charge in [-0.25, -0.2) is 0 Å². The largest absolute Gasteiger partial charge is 0.424 e. The van der Waals surface area contributed by atoms with Gasteiger partial charge in [0.15, 0.2) is 0 Å². The van der Waals surface area contributed by atoms with Crippen LogP contribution in [0.1, 0.15) is 55.1 Å². The topological polar surface area (TPSA) is 84.5 Å². The molecule has 0 aromatic carbocycles. The van der Waals surface area contributed by atoms with Gasteiger partial charge >= 0.3 is 0 Å². The van der Waals surface area contributed by atoms with Gasteiger partial charge in [0.2, 0.25) is 17.7 Å². The summed E-state index contributed by atoms with van der Waals surface area (Å²) in [4.78, 5) is 31.1. The van der Waals surface area contributed by atoms with Crippen LogP contribution < -0.4 is 5.56 Å². The Labute approximate surface area is 181 Å². The van der Waals surface area contributed by atoms with Crippen molar-refractivity contribution in [1.82, 2.24) is 24.6 Å². The zero-order valence-electron chi connectivity index (χ0n) is 17.9. The van der Waals surface area contributed by atoms with Gasteiger partial charge in [-0.1, -0.05) is 12.5 Å². The third kappa shape index (κ3) is 3.23. The molecule has 1 aliphatic carbocycles. The van der Waals surface area contributed by atoms with Crippen LogP contribution in [0.2, 0.25) is 0 Å². The molecule has 0 spiro atoms. The summed E-state index contributed by atoms with van der Waals surface area (Å²) in [7, 11) is 0. The summed E-state index contributed by atoms with van der Waals surface area (Å²) in [6, 6.07) is 5.05. The van der Waals surface area contributed by atoms with Gasteiger partial charge in [0.25, 0.3) is 5.56 Å². The lowest BCUT2D eigenvalue weighted by Gasteiger charge is -2.46. The lowest BCUT2D eigenvalue weighted by molar-refractivity contribution is -0.137. The first-order chi connectivity index (χ1) is 15.1. The van der Waals surface area contributed by atoms with E-state index in [1.807, 2.05) is 16.7 Å². The van der Waals surface area contributed by atoms with Crippen molar-refractivity contribution in [2.75, 3.05) is 26.2 Å². The molecule has 8 nitrogen and oxygen atoms in total. The minimum Gasteiger partial charge on any atom is -0.424 e. The Bertz CT molecular complexity index is 1050. The van der Waals surface area contributed by atoms with Crippen LogP contribution in [0, 0.1) is 24.7 Å². The van der Waals surface area contributed by atoms with E-state index in [2.05, 4.69) is 20.0 Å². The van der Waals surface area contributed by atoms with Crippen LogP contribution in [0.15, 0.2) is 27.4 Å². The Hall–Kier alpha value is -2.48. The van der Waals surface area contributed by atoms with Gasteiger partial charge in [-0.05, 0) is 37.2 Å². The van der Waals surface area contributed by atoms with Crippen molar-refractivity contribution in [2.24, 2.45) is 17.8 Å². The second-order valence-corrected chi connectivity index (χ2v) is 9.90. The number of rotatable bonds is 3. The molecular formula is C23H29N5O3. The monoisotopic (exact) mass is 423 g/mol. The number of hydrogen-bond acceptors (Lipinski definition) is 6. The molecule has 3 aliphatic heterocycles. The van der Waals surface area contributed by atoms with Gasteiger partial charge in [-0.3, -0.25) is 19.1 Å². The minimum absolute atomic E-state index is 0.0501. The molecule has 0 radical (unpaired) electrons. The van der Waals surface area contributed by atoms with E-state index in [-0.39, 0.29) is 23.3 Å². The van der Waals surface area contributed by atoms with Crippen molar-refractivity contribution in [3.8, 4) is 0 Å². The first-order valence-corrected chi connectivity index (χ1v) is 11.6. The van der Waals surface area contributed by atoms with Gasteiger partial charge in [0, 0.05) is 56.7 Å². The second-order valence-electron chi connectivity index (χ2n) is 9.90. The molecule has 2 bridgehead atoms. The van der Waals surface area contributed by atoms with Crippen molar-refractivity contribution in [3.05, 3.63) is 46.0 Å². The average Bonchev–Trinajstić information content (AvgIpc) is 3.45. The van der Waals surface area contributed by atoms with E-state index in [1.165, 1.54) is 19.3 Å². The van der Waals surface area contributed by atoms with Crippen LogP contribution in [0.3, 0.4) is 0 Å². The van der Waals surface area contributed by atoms with E-state index >= 15 is 0 Å². The predicted molar refractivity (Wildman–Crippen MR) is 112 cm³/mol. The molecule has 3 fully saturated rings. The maximum absolute atomic E-state index is 13.8. The highest BCUT2D eigenvalue weighted by molar-refractivity contribution is 5.81. The normalized spacial score (nSPS) is 32.2. The van der Waals surface area contributed by atoms with E-state index in [0.717, 1.165) is 38.3 Å². The zero-order chi connectivity index (χ0) is 21.1. The molecule has 0 N–H and O–H groups in total. The van der Waals surface area contributed by atoms with Crippen LogP contribution in [-0.4, -0.2) is 56.7 Å². The number of fused-ring (bicyclic) bond motifs is 5. The summed E-state index contributed by atoms with van der Waals surface area (Å²) in [5.74, 6) is 2.96. The molecule has 5 atom stereocenters. The quantitative estimate of drug-likeness (QED) is 0.750. The molecule has 5 heterocycles. The van der Waals surface area contributed by atoms with Crippen molar-refractivity contribution in [3.63, 3.8) is 0 Å². The number of nitrogens with zero attached hydrogens (tertiary/aromatic N) is 5. The minimum atomic E-state index is -0.411. The molecule has 31 heavy (non-hydrogen) atoms. The van der Waals surface area contributed by atoms with Crippen LogP contribution in [0.25, 0.3) is 0 Å². The highest BCUT2D eigenvalue weighted by Gasteiger charge is 2.47. The summed E-state index contributed by atoms with van der Waals surface area (Å²) in [5.41, 5.74) is 0.943. The predicted octanol–water partition coefficient (Wildman–Crippen LogP) is 1.96. The van der Waals surface area contributed by atoms with Crippen LogP contribution >= 0.6 is 0 Å². The number of carbonyl (C=O) groups is 1. The summed E-state index contributed by atoms with van der Waals surface area (Å²) in [5, 5.41) is 8.10. The van der Waals surface area contributed by atoms with Crippen molar-refractivity contribution in [1.29, 1.82) is 0 Å². The van der Waals surface area contributed by atoms with Gasteiger partial charge in [-0.2, -0.15) is 0 Å². The standard InChI is InChI=1S/C23H29N5O3/c1-14-24-25-20(31-14)13-26-9-17-8-18(10-26)22(28-19(17)6-3-7-21(28)29)23(30)27-11-15-4-2-5-16(15)12-27/h3,6-7,15-18,22H,2,4-5,8-13H2,1H3/t15-,16+,17-,18+,22+/m0/s1. The fraction of sp³-hybridized carbons (Fsp3) is 0.652. The fourth-order valence-electron chi connectivity index (χ4n) is 6.67. The Kier molecular flexibility index (Phi) is 4.52. The van der Waals surface area contributed by atoms with Gasteiger partial charge < -0.3 is 9.32 Å².